The van der Waals surface area contributed by atoms with E-state index in [9.17, 15) is 18.3 Å². The quantitative estimate of drug-likeness (QED) is 0.504. The predicted octanol–water partition coefficient (Wildman–Crippen LogP) is 1.49. The van der Waals surface area contributed by atoms with Gasteiger partial charge in [0.1, 0.15) is 6.04 Å². The van der Waals surface area contributed by atoms with Crippen molar-refractivity contribution in [2.45, 2.75) is 10.9 Å². The zero-order valence-electron chi connectivity index (χ0n) is 13.3. The van der Waals surface area contributed by atoms with Crippen LogP contribution in [0.5, 0.6) is 0 Å². The molecule has 1 atom stereocenters. The average Bonchev–Trinajstić information content (AvgIpc) is 3.02. The van der Waals surface area contributed by atoms with E-state index < -0.39 is 28.6 Å². The van der Waals surface area contributed by atoms with Crippen LogP contribution in [0, 0.1) is 0 Å². The molecule has 0 unspecified atom stereocenters. The lowest BCUT2D eigenvalue weighted by atomic mass is 10.3. The minimum Gasteiger partial charge on any atom is -0.394 e. The summed E-state index contributed by atoms with van der Waals surface area (Å²) >= 11 is 5.74. The van der Waals surface area contributed by atoms with Crippen molar-refractivity contribution in [3.05, 3.63) is 53.6 Å². The highest BCUT2D eigenvalue weighted by atomic mass is 35.5. The first-order valence-corrected chi connectivity index (χ1v) is 9.39. The molecule has 10 heteroatoms. The smallest absolute Gasteiger partial charge is 0.247 e. The molecule has 0 saturated heterocycles. The molecule has 1 amide bonds. The van der Waals surface area contributed by atoms with Crippen LogP contribution in [0.2, 0.25) is 5.02 Å². The summed E-state index contributed by atoms with van der Waals surface area (Å²) in [7, 11) is -4.01. The van der Waals surface area contributed by atoms with Gasteiger partial charge in [0.05, 0.1) is 22.5 Å². The van der Waals surface area contributed by atoms with Crippen molar-refractivity contribution in [3.8, 4) is 0 Å². The molecule has 0 saturated carbocycles. The third-order valence-corrected chi connectivity index (χ3v) is 5.29. The van der Waals surface area contributed by atoms with Gasteiger partial charge in [-0.2, -0.15) is 4.72 Å². The molecule has 136 valence electrons. The standard InChI is InChI=1S/C16H15ClN4O4S/c17-10-5-7-11(8-6-10)26(24,25)21-14(9-22)15(23)20-16-18-12-3-1-2-4-13(12)19-16/h1-8,14,21-22H,9H2,(H2,18,19,20,23)/t14-/m0/s1. The maximum absolute atomic E-state index is 12.3. The Balaban J connectivity index is 1.75. The molecule has 0 spiro atoms. The number of rotatable bonds is 6. The number of H-pyrrole nitrogens is 1. The number of anilines is 1. The molecule has 0 aliphatic rings. The number of nitrogens with one attached hydrogen (secondary N) is 3. The van der Waals surface area contributed by atoms with Crippen LogP contribution in [0.25, 0.3) is 11.0 Å². The molecular formula is C16H15ClN4O4S. The van der Waals surface area contributed by atoms with Gasteiger partial charge in [-0.15, -0.1) is 0 Å². The molecule has 0 bridgehead atoms. The first-order valence-electron chi connectivity index (χ1n) is 7.53. The molecule has 2 aromatic carbocycles. The second-order valence-corrected chi connectivity index (χ2v) is 7.55. The van der Waals surface area contributed by atoms with Crippen LogP contribution < -0.4 is 10.0 Å². The number of amides is 1. The highest BCUT2D eigenvalue weighted by Crippen LogP contribution is 2.15. The number of nitrogens with zero attached hydrogens (tertiary/aromatic N) is 1. The van der Waals surface area contributed by atoms with Crippen LogP contribution >= 0.6 is 11.6 Å². The molecule has 26 heavy (non-hydrogen) atoms. The first kappa shape index (κ1) is 18.3. The van der Waals surface area contributed by atoms with Gasteiger partial charge in [0.25, 0.3) is 0 Å². The second-order valence-electron chi connectivity index (χ2n) is 5.40. The SMILES string of the molecule is O=C(Nc1nc2ccccc2[nH]1)[C@H](CO)NS(=O)(=O)c1ccc(Cl)cc1. The van der Waals surface area contributed by atoms with Crippen molar-refractivity contribution in [2.75, 3.05) is 11.9 Å². The van der Waals surface area contributed by atoms with Gasteiger partial charge in [-0.05, 0) is 36.4 Å². The summed E-state index contributed by atoms with van der Waals surface area (Å²) in [5.41, 5.74) is 1.36. The second kappa shape index (κ2) is 7.42. The van der Waals surface area contributed by atoms with Gasteiger partial charge in [0, 0.05) is 5.02 Å². The van der Waals surface area contributed by atoms with Crippen LogP contribution in [-0.2, 0) is 14.8 Å². The van der Waals surface area contributed by atoms with Gasteiger partial charge < -0.3 is 10.1 Å². The molecule has 1 aromatic heterocycles. The van der Waals surface area contributed by atoms with Crippen molar-refractivity contribution in [3.63, 3.8) is 0 Å². The Bertz CT molecular complexity index is 1000. The number of aromatic nitrogens is 2. The Hall–Kier alpha value is -2.46. The fourth-order valence-corrected chi connectivity index (χ4v) is 3.57. The van der Waals surface area contributed by atoms with Gasteiger partial charge in [0.2, 0.25) is 21.9 Å². The third kappa shape index (κ3) is 4.02. The fourth-order valence-electron chi connectivity index (χ4n) is 2.26. The number of aromatic amines is 1. The van der Waals surface area contributed by atoms with E-state index >= 15 is 0 Å². The summed E-state index contributed by atoms with van der Waals surface area (Å²) < 4.78 is 26.8. The molecule has 0 radical (unpaired) electrons. The number of para-hydroxylation sites is 2. The van der Waals surface area contributed by atoms with Crippen molar-refractivity contribution in [1.82, 2.24) is 14.7 Å². The Kier molecular flexibility index (Phi) is 5.23. The normalized spacial score (nSPS) is 12.8. The summed E-state index contributed by atoms with van der Waals surface area (Å²) in [6, 6.07) is 11.2. The Morgan fingerprint density at radius 3 is 2.54 bits per heavy atom. The monoisotopic (exact) mass is 394 g/mol. The Morgan fingerprint density at radius 1 is 1.19 bits per heavy atom. The summed E-state index contributed by atoms with van der Waals surface area (Å²) in [5.74, 6) is -0.593. The summed E-state index contributed by atoms with van der Waals surface area (Å²) in [4.78, 5) is 19.3. The van der Waals surface area contributed by atoms with E-state index in [0.29, 0.717) is 16.1 Å². The zero-order valence-corrected chi connectivity index (χ0v) is 14.9. The number of imidazole rings is 1. The number of halogens is 1. The molecule has 0 aliphatic heterocycles. The van der Waals surface area contributed by atoms with Crippen LogP contribution in [0.4, 0.5) is 5.95 Å². The molecule has 4 N–H and O–H groups in total. The average molecular weight is 395 g/mol. The van der Waals surface area contributed by atoms with Crippen molar-refractivity contribution >= 4 is 44.5 Å². The molecular weight excluding hydrogens is 380 g/mol. The maximum Gasteiger partial charge on any atom is 0.247 e. The van der Waals surface area contributed by atoms with E-state index in [0.717, 1.165) is 0 Å². The number of carbonyl (C=O) groups is 1. The highest BCUT2D eigenvalue weighted by molar-refractivity contribution is 7.89. The summed E-state index contributed by atoms with van der Waals surface area (Å²) in [6.45, 7) is -0.723. The van der Waals surface area contributed by atoms with E-state index in [1.165, 1.54) is 24.3 Å². The fraction of sp³-hybridized carbons (Fsp3) is 0.125. The lowest BCUT2D eigenvalue weighted by Gasteiger charge is -2.15. The van der Waals surface area contributed by atoms with Crippen molar-refractivity contribution in [2.24, 2.45) is 0 Å². The Morgan fingerprint density at radius 2 is 1.88 bits per heavy atom. The minimum atomic E-state index is -4.01. The topological polar surface area (TPSA) is 124 Å². The summed E-state index contributed by atoms with van der Waals surface area (Å²) in [5, 5.41) is 12.3. The van der Waals surface area contributed by atoms with Crippen LogP contribution in [-0.4, -0.2) is 42.0 Å². The molecule has 8 nitrogen and oxygen atoms in total. The molecule has 0 fully saturated rings. The van der Waals surface area contributed by atoms with E-state index in [4.69, 9.17) is 11.6 Å². The molecule has 3 aromatic rings. The van der Waals surface area contributed by atoms with Gasteiger partial charge in [-0.25, -0.2) is 13.4 Å². The van der Waals surface area contributed by atoms with E-state index in [2.05, 4.69) is 20.0 Å². The number of hydrogen-bond donors (Lipinski definition) is 4. The number of benzene rings is 2. The van der Waals surface area contributed by atoms with E-state index in [1.54, 1.807) is 18.2 Å². The predicted molar refractivity (Wildman–Crippen MR) is 97.4 cm³/mol. The summed E-state index contributed by atoms with van der Waals surface area (Å²) in [6.07, 6.45) is 0. The molecule has 3 rings (SSSR count). The van der Waals surface area contributed by atoms with Crippen LogP contribution in [0.1, 0.15) is 0 Å². The van der Waals surface area contributed by atoms with Crippen LogP contribution in [0.3, 0.4) is 0 Å². The number of fused-ring (bicyclic) bond motifs is 1. The maximum atomic E-state index is 12.3. The lowest BCUT2D eigenvalue weighted by Crippen LogP contribution is -2.46. The Labute approximate surface area is 154 Å². The highest BCUT2D eigenvalue weighted by Gasteiger charge is 2.25. The van der Waals surface area contributed by atoms with Crippen molar-refractivity contribution < 1.29 is 18.3 Å². The van der Waals surface area contributed by atoms with E-state index in [1.807, 2.05) is 6.07 Å². The molecule has 1 heterocycles. The number of hydrogen-bond acceptors (Lipinski definition) is 5. The lowest BCUT2D eigenvalue weighted by molar-refractivity contribution is -0.118. The van der Waals surface area contributed by atoms with Gasteiger partial charge >= 0.3 is 0 Å². The number of carbonyl (C=O) groups excluding carboxylic acids is 1. The van der Waals surface area contributed by atoms with Crippen molar-refractivity contribution in [1.29, 1.82) is 0 Å². The zero-order chi connectivity index (χ0) is 18.7. The number of aliphatic hydroxyl groups is 1. The molecule has 0 aliphatic carbocycles. The third-order valence-electron chi connectivity index (χ3n) is 3.55. The largest absolute Gasteiger partial charge is 0.394 e. The van der Waals surface area contributed by atoms with Gasteiger partial charge in [0.15, 0.2) is 0 Å². The van der Waals surface area contributed by atoms with E-state index in [-0.39, 0.29) is 10.8 Å². The number of sulfonamides is 1. The van der Waals surface area contributed by atoms with Crippen LogP contribution in [0.15, 0.2) is 53.4 Å². The van der Waals surface area contributed by atoms with Gasteiger partial charge in [-0.1, -0.05) is 23.7 Å². The minimum absolute atomic E-state index is 0.0723. The number of aliphatic hydroxyl groups excluding tert-OH is 1. The first-order chi connectivity index (χ1) is 12.4. The van der Waals surface area contributed by atoms with Gasteiger partial charge in [-0.3, -0.25) is 10.1 Å².